The van der Waals surface area contributed by atoms with Crippen molar-refractivity contribution in [1.29, 1.82) is 5.26 Å². The highest BCUT2D eigenvalue weighted by molar-refractivity contribution is 5.99. The van der Waals surface area contributed by atoms with Gasteiger partial charge in [-0.05, 0) is 42.0 Å². The van der Waals surface area contributed by atoms with Gasteiger partial charge in [0.05, 0.1) is 5.69 Å². The number of pyridine rings is 1. The molecule has 0 fully saturated rings. The van der Waals surface area contributed by atoms with Gasteiger partial charge in [0.2, 0.25) is 0 Å². The van der Waals surface area contributed by atoms with E-state index in [1.807, 2.05) is 0 Å². The first kappa shape index (κ1) is 17.4. The zero-order chi connectivity index (χ0) is 19.7. The molecule has 0 saturated heterocycles. The summed E-state index contributed by atoms with van der Waals surface area (Å²) < 4.78 is 17.0. The van der Waals surface area contributed by atoms with Crippen LogP contribution in [0, 0.1) is 17.1 Å². The second-order valence-electron chi connectivity index (χ2n) is 6.23. The van der Waals surface area contributed by atoms with E-state index in [1.165, 1.54) is 16.7 Å². The fourth-order valence-electron chi connectivity index (χ4n) is 3.35. The molecule has 4 rings (SSSR count). The summed E-state index contributed by atoms with van der Waals surface area (Å²) in [5.41, 5.74) is 1.64. The van der Waals surface area contributed by atoms with Crippen molar-refractivity contribution < 1.29 is 4.39 Å². The molecular weight excluding hydrogens is 355 g/mol. The van der Waals surface area contributed by atoms with E-state index in [9.17, 15) is 14.4 Å². The molecule has 28 heavy (non-hydrogen) atoms. The van der Waals surface area contributed by atoms with Gasteiger partial charge in [-0.1, -0.05) is 18.2 Å². The van der Waals surface area contributed by atoms with Gasteiger partial charge in [-0.25, -0.2) is 9.07 Å². The molecule has 5 nitrogen and oxygen atoms in total. The lowest BCUT2D eigenvalue weighted by Gasteiger charge is -2.16. The number of allylic oxidation sites excluding steroid dienone is 1. The van der Waals surface area contributed by atoms with Crippen molar-refractivity contribution >= 4 is 10.8 Å². The highest BCUT2D eigenvalue weighted by Crippen LogP contribution is 2.32. The maximum absolute atomic E-state index is 13.9. The van der Waals surface area contributed by atoms with Crippen LogP contribution in [-0.4, -0.2) is 14.3 Å². The van der Waals surface area contributed by atoms with Gasteiger partial charge in [0.1, 0.15) is 17.6 Å². The topological polar surface area (TPSA) is 63.6 Å². The van der Waals surface area contributed by atoms with Crippen molar-refractivity contribution in [2.75, 3.05) is 0 Å². The van der Waals surface area contributed by atoms with E-state index in [-0.39, 0.29) is 17.8 Å². The second kappa shape index (κ2) is 6.97. The molecule has 0 saturated carbocycles. The van der Waals surface area contributed by atoms with Crippen molar-refractivity contribution in [3.63, 3.8) is 0 Å². The zero-order valence-corrected chi connectivity index (χ0v) is 14.8. The Bertz CT molecular complexity index is 1300. The Kier molecular flexibility index (Phi) is 4.34. The molecule has 0 aliphatic rings. The largest absolute Gasteiger partial charge is 0.295 e. The number of halogens is 1. The van der Waals surface area contributed by atoms with Crippen LogP contribution in [0.4, 0.5) is 4.39 Å². The Labute approximate surface area is 160 Å². The van der Waals surface area contributed by atoms with Crippen LogP contribution >= 0.6 is 0 Å². The molecule has 0 amide bonds. The Morgan fingerprint density at radius 1 is 1.18 bits per heavy atom. The first-order chi connectivity index (χ1) is 13.6. The number of rotatable bonds is 4. The summed E-state index contributed by atoms with van der Waals surface area (Å²) in [6.45, 7) is 3.86. The van der Waals surface area contributed by atoms with Gasteiger partial charge in [0, 0.05) is 35.3 Å². The highest BCUT2D eigenvalue weighted by atomic mass is 19.1. The summed E-state index contributed by atoms with van der Waals surface area (Å²) in [5.74, 6) is -0.417. The summed E-state index contributed by atoms with van der Waals surface area (Å²) in [6, 6.07) is 15.2. The van der Waals surface area contributed by atoms with E-state index in [2.05, 4.69) is 17.7 Å². The monoisotopic (exact) mass is 370 g/mol. The molecule has 2 heterocycles. The van der Waals surface area contributed by atoms with Gasteiger partial charge in [0.15, 0.2) is 0 Å². The van der Waals surface area contributed by atoms with E-state index in [0.717, 1.165) is 5.69 Å². The number of hydrogen-bond donors (Lipinski definition) is 0. The number of aromatic nitrogens is 3. The predicted molar refractivity (Wildman–Crippen MR) is 106 cm³/mol. The average Bonchev–Trinajstić information content (AvgIpc) is 3.24. The van der Waals surface area contributed by atoms with Crippen LogP contribution in [-0.2, 0) is 6.54 Å². The number of nitrogens with zero attached hydrogens (tertiary/aromatic N) is 4. The second-order valence-corrected chi connectivity index (χ2v) is 6.23. The van der Waals surface area contributed by atoms with E-state index >= 15 is 0 Å². The maximum atomic E-state index is 13.9. The molecule has 136 valence electrons. The van der Waals surface area contributed by atoms with Gasteiger partial charge in [-0.2, -0.15) is 10.4 Å². The maximum Gasteiger partial charge on any atom is 0.259 e. The zero-order valence-electron chi connectivity index (χ0n) is 14.8. The molecule has 0 atom stereocenters. The number of fused-ring (bicyclic) bond motifs is 1. The summed E-state index contributed by atoms with van der Waals surface area (Å²) in [5, 5.41) is 15.1. The van der Waals surface area contributed by atoms with Crippen molar-refractivity contribution in [1.82, 2.24) is 14.3 Å². The SMILES string of the molecule is C=CCn1c(C#N)c(-c2cccc(F)c2)c2cc(-n3cccn3)ccc2c1=O. The van der Waals surface area contributed by atoms with Crippen LogP contribution in [0.15, 0.2) is 78.4 Å². The van der Waals surface area contributed by atoms with Gasteiger partial charge in [-0.15, -0.1) is 6.58 Å². The van der Waals surface area contributed by atoms with E-state index < -0.39 is 5.82 Å². The van der Waals surface area contributed by atoms with Crippen molar-refractivity contribution in [2.24, 2.45) is 0 Å². The highest BCUT2D eigenvalue weighted by Gasteiger charge is 2.18. The number of hydrogen-bond acceptors (Lipinski definition) is 3. The Morgan fingerprint density at radius 2 is 2.04 bits per heavy atom. The molecule has 0 radical (unpaired) electrons. The van der Waals surface area contributed by atoms with Crippen LogP contribution in [0.2, 0.25) is 0 Å². The van der Waals surface area contributed by atoms with E-state index in [1.54, 1.807) is 59.5 Å². The normalized spacial score (nSPS) is 10.7. The van der Waals surface area contributed by atoms with Crippen molar-refractivity contribution in [3.05, 3.63) is 95.4 Å². The fraction of sp³-hybridized carbons (Fsp3) is 0.0455. The van der Waals surface area contributed by atoms with Gasteiger partial charge < -0.3 is 0 Å². The molecule has 0 N–H and O–H groups in total. The summed E-state index contributed by atoms with van der Waals surface area (Å²) >= 11 is 0. The standard InChI is InChI=1S/C22H15FN4O/c1-2-10-26-20(14-24)21(15-5-3-6-16(23)12-15)19-13-17(27-11-4-9-25-27)7-8-18(19)22(26)28/h2-9,11-13H,1,10H2. The minimum Gasteiger partial charge on any atom is -0.295 e. The lowest BCUT2D eigenvalue weighted by molar-refractivity contribution is 0.628. The third-order valence-corrected chi connectivity index (χ3v) is 4.55. The van der Waals surface area contributed by atoms with Crippen LogP contribution in [0.25, 0.3) is 27.6 Å². The Balaban J connectivity index is 2.17. The van der Waals surface area contributed by atoms with Gasteiger partial charge in [-0.3, -0.25) is 9.36 Å². The van der Waals surface area contributed by atoms with Crippen molar-refractivity contribution in [3.8, 4) is 22.9 Å². The minimum absolute atomic E-state index is 0.167. The van der Waals surface area contributed by atoms with Gasteiger partial charge in [0.25, 0.3) is 5.56 Å². The lowest BCUT2D eigenvalue weighted by Crippen LogP contribution is -2.23. The molecular formula is C22H15FN4O. The summed E-state index contributed by atoms with van der Waals surface area (Å²) in [7, 11) is 0. The molecule has 0 spiro atoms. The Hall–Kier alpha value is -3.98. The fourth-order valence-corrected chi connectivity index (χ4v) is 3.35. The Morgan fingerprint density at radius 3 is 2.71 bits per heavy atom. The average molecular weight is 370 g/mol. The van der Waals surface area contributed by atoms with Crippen LogP contribution in [0.5, 0.6) is 0 Å². The number of benzene rings is 2. The molecule has 0 bridgehead atoms. The predicted octanol–water partition coefficient (Wildman–Crippen LogP) is 4.05. The van der Waals surface area contributed by atoms with Crippen LogP contribution in [0.3, 0.4) is 0 Å². The third-order valence-electron chi connectivity index (χ3n) is 4.55. The molecule has 2 aromatic carbocycles. The third kappa shape index (κ3) is 2.79. The molecule has 0 unspecified atom stereocenters. The minimum atomic E-state index is -0.417. The lowest BCUT2D eigenvalue weighted by atomic mass is 9.96. The first-order valence-electron chi connectivity index (χ1n) is 8.61. The molecule has 4 aromatic rings. The quantitative estimate of drug-likeness (QED) is 0.509. The summed E-state index contributed by atoms with van der Waals surface area (Å²) in [4.78, 5) is 13.0. The molecule has 0 aliphatic heterocycles. The van der Waals surface area contributed by atoms with Crippen molar-refractivity contribution in [2.45, 2.75) is 6.54 Å². The van der Waals surface area contributed by atoms with Gasteiger partial charge >= 0.3 is 0 Å². The van der Waals surface area contributed by atoms with Crippen LogP contribution in [0.1, 0.15) is 5.69 Å². The smallest absolute Gasteiger partial charge is 0.259 e. The first-order valence-corrected chi connectivity index (χ1v) is 8.61. The van der Waals surface area contributed by atoms with E-state index in [0.29, 0.717) is 21.9 Å². The molecule has 2 aromatic heterocycles. The number of nitriles is 1. The summed E-state index contributed by atoms with van der Waals surface area (Å²) in [6.07, 6.45) is 5.00. The van der Waals surface area contributed by atoms with Crippen LogP contribution < -0.4 is 5.56 Å². The molecule has 6 heteroatoms. The van der Waals surface area contributed by atoms with E-state index in [4.69, 9.17) is 0 Å². The molecule has 0 aliphatic carbocycles.